The number of fused-ring (bicyclic) bond motifs is 2. The summed E-state index contributed by atoms with van der Waals surface area (Å²) in [6.07, 6.45) is 12.0. The number of rotatable bonds is 17. The van der Waals surface area contributed by atoms with Crippen LogP contribution in [0, 0.1) is 0 Å². The van der Waals surface area contributed by atoms with E-state index < -0.39 is 11.9 Å². The molecule has 6 nitrogen and oxygen atoms in total. The van der Waals surface area contributed by atoms with Gasteiger partial charge in [-0.05, 0) is 82.9 Å². The third-order valence-corrected chi connectivity index (χ3v) is 7.19. The van der Waals surface area contributed by atoms with Crippen LogP contribution in [0.3, 0.4) is 0 Å². The van der Waals surface area contributed by atoms with E-state index >= 15 is 0 Å². The van der Waals surface area contributed by atoms with Crippen molar-refractivity contribution in [3.63, 3.8) is 0 Å². The summed E-state index contributed by atoms with van der Waals surface area (Å²) in [7, 11) is 0. The monoisotopic (exact) mass is 542 g/mol. The minimum absolute atomic E-state index is 0.297. The van der Waals surface area contributed by atoms with Crippen molar-refractivity contribution in [2.45, 2.75) is 64.2 Å². The smallest absolute Gasteiger partial charge is 0.335 e. The van der Waals surface area contributed by atoms with E-state index in [1.165, 1.54) is 51.4 Å². The molecule has 0 aromatic heterocycles. The van der Waals surface area contributed by atoms with Crippen molar-refractivity contribution >= 4 is 33.5 Å². The molecule has 0 atom stereocenters. The van der Waals surface area contributed by atoms with E-state index in [1.807, 2.05) is 48.5 Å². The highest BCUT2D eigenvalue weighted by Gasteiger charge is 2.06. The Labute approximate surface area is 235 Å². The number of ether oxygens (including phenoxy) is 2. The molecule has 0 amide bonds. The lowest BCUT2D eigenvalue weighted by Crippen LogP contribution is -1.98. The van der Waals surface area contributed by atoms with Crippen molar-refractivity contribution in [1.82, 2.24) is 0 Å². The van der Waals surface area contributed by atoms with Gasteiger partial charge in [-0.15, -0.1) is 0 Å². The number of carboxylic acid groups (broad SMARTS) is 2. The Hall–Kier alpha value is -4.06. The molecule has 0 aliphatic rings. The molecule has 0 saturated carbocycles. The minimum Gasteiger partial charge on any atom is -0.494 e. The Bertz CT molecular complexity index is 1320. The highest BCUT2D eigenvalue weighted by Crippen LogP contribution is 2.24. The van der Waals surface area contributed by atoms with Gasteiger partial charge in [0.25, 0.3) is 0 Å². The van der Waals surface area contributed by atoms with Crippen molar-refractivity contribution < 1.29 is 29.3 Å². The first kappa shape index (κ1) is 28.9. The molecule has 0 radical (unpaired) electrons. The molecule has 6 heteroatoms. The summed E-state index contributed by atoms with van der Waals surface area (Å²) >= 11 is 0. The molecular weight excluding hydrogens is 504 g/mol. The topological polar surface area (TPSA) is 93.1 Å². The van der Waals surface area contributed by atoms with Crippen molar-refractivity contribution in [3.8, 4) is 11.5 Å². The van der Waals surface area contributed by atoms with Gasteiger partial charge < -0.3 is 19.7 Å². The van der Waals surface area contributed by atoms with Gasteiger partial charge in [-0.2, -0.15) is 0 Å². The van der Waals surface area contributed by atoms with Gasteiger partial charge in [0.2, 0.25) is 0 Å². The molecule has 0 aliphatic heterocycles. The van der Waals surface area contributed by atoms with Gasteiger partial charge in [-0.3, -0.25) is 0 Å². The number of carboxylic acids is 2. The number of hydrogen-bond acceptors (Lipinski definition) is 4. The summed E-state index contributed by atoms with van der Waals surface area (Å²) in [5.74, 6) is -0.170. The molecule has 0 spiro atoms. The molecule has 0 saturated heterocycles. The van der Waals surface area contributed by atoms with E-state index in [9.17, 15) is 9.59 Å². The summed E-state index contributed by atoms with van der Waals surface area (Å²) < 4.78 is 11.8. The Morgan fingerprint density at radius 1 is 0.450 bits per heavy atom. The van der Waals surface area contributed by atoms with Crippen molar-refractivity contribution in [3.05, 3.63) is 83.9 Å². The van der Waals surface area contributed by atoms with Crippen LogP contribution in [0.25, 0.3) is 21.5 Å². The molecule has 4 rings (SSSR count). The van der Waals surface area contributed by atoms with Crippen LogP contribution in [-0.4, -0.2) is 35.4 Å². The average Bonchev–Trinajstić information content (AvgIpc) is 2.96. The maximum atomic E-state index is 11.1. The fourth-order valence-corrected chi connectivity index (χ4v) is 4.89. The summed E-state index contributed by atoms with van der Waals surface area (Å²) in [6.45, 7) is 1.40. The van der Waals surface area contributed by atoms with Crippen LogP contribution in [0.2, 0.25) is 0 Å². The van der Waals surface area contributed by atoms with E-state index in [0.717, 1.165) is 45.9 Å². The Morgan fingerprint density at radius 3 is 1.15 bits per heavy atom. The van der Waals surface area contributed by atoms with E-state index in [1.54, 1.807) is 24.3 Å². The number of benzene rings is 4. The van der Waals surface area contributed by atoms with Crippen LogP contribution < -0.4 is 9.47 Å². The lowest BCUT2D eigenvalue weighted by molar-refractivity contribution is 0.0686. The van der Waals surface area contributed by atoms with Crippen molar-refractivity contribution in [2.24, 2.45) is 0 Å². The van der Waals surface area contributed by atoms with E-state index in [0.29, 0.717) is 24.3 Å². The van der Waals surface area contributed by atoms with Gasteiger partial charge in [0, 0.05) is 0 Å². The first-order chi connectivity index (χ1) is 19.5. The highest BCUT2D eigenvalue weighted by atomic mass is 16.5. The average molecular weight is 543 g/mol. The van der Waals surface area contributed by atoms with Crippen LogP contribution in [0.5, 0.6) is 11.5 Å². The molecule has 0 heterocycles. The maximum Gasteiger partial charge on any atom is 0.335 e. The normalized spacial score (nSPS) is 11.1. The maximum absolute atomic E-state index is 11.1. The van der Waals surface area contributed by atoms with Crippen LogP contribution in [0.1, 0.15) is 84.9 Å². The molecule has 4 aromatic rings. The fraction of sp³-hybridized carbons (Fsp3) is 0.353. The van der Waals surface area contributed by atoms with E-state index in [4.69, 9.17) is 19.7 Å². The second kappa shape index (κ2) is 14.9. The summed E-state index contributed by atoms with van der Waals surface area (Å²) in [5, 5.41) is 22.0. The van der Waals surface area contributed by atoms with Crippen molar-refractivity contribution in [2.75, 3.05) is 13.2 Å². The fourth-order valence-electron chi connectivity index (χ4n) is 4.89. The first-order valence-corrected chi connectivity index (χ1v) is 14.3. The second-order valence-electron chi connectivity index (χ2n) is 10.3. The molecule has 0 bridgehead atoms. The zero-order chi connectivity index (χ0) is 28.2. The summed E-state index contributed by atoms with van der Waals surface area (Å²) in [6, 6.07) is 21.8. The number of carbonyl (C=O) groups is 2. The van der Waals surface area contributed by atoms with E-state index in [-0.39, 0.29) is 0 Å². The van der Waals surface area contributed by atoms with Crippen LogP contribution in [0.4, 0.5) is 0 Å². The zero-order valence-electron chi connectivity index (χ0n) is 22.9. The third-order valence-electron chi connectivity index (χ3n) is 7.19. The van der Waals surface area contributed by atoms with Gasteiger partial charge >= 0.3 is 11.9 Å². The van der Waals surface area contributed by atoms with Gasteiger partial charge in [0.05, 0.1) is 24.3 Å². The molecule has 0 aliphatic carbocycles. The third kappa shape index (κ3) is 8.73. The zero-order valence-corrected chi connectivity index (χ0v) is 22.9. The molecule has 4 aromatic carbocycles. The lowest BCUT2D eigenvalue weighted by atomic mass is 10.1. The Kier molecular flexibility index (Phi) is 10.8. The largest absolute Gasteiger partial charge is 0.494 e. The number of aromatic carboxylic acids is 2. The number of unbranched alkanes of at least 4 members (excludes halogenated alkanes) is 9. The summed E-state index contributed by atoms with van der Waals surface area (Å²) in [5.41, 5.74) is 0.594. The van der Waals surface area contributed by atoms with Gasteiger partial charge in [-0.1, -0.05) is 75.6 Å². The van der Waals surface area contributed by atoms with Gasteiger partial charge in [0.15, 0.2) is 0 Å². The molecule has 2 N–H and O–H groups in total. The van der Waals surface area contributed by atoms with Crippen LogP contribution >= 0.6 is 0 Å². The predicted octanol–water partition coefficient (Wildman–Crippen LogP) is 8.75. The number of hydrogen-bond donors (Lipinski definition) is 2. The lowest BCUT2D eigenvalue weighted by Gasteiger charge is -2.08. The molecule has 210 valence electrons. The van der Waals surface area contributed by atoms with E-state index in [2.05, 4.69) is 0 Å². The molecule has 0 unspecified atom stereocenters. The standard InChI is InChI=1S/C34H38O6/c35-33(36)29-13-11-27-23-31(17-15-25(27)21-29)39-19-9-7-5-3-1-2-4-6-8-10-20-40-32-18-16-26-22-30(34(37)38)14-12-28(26)24-32/h11-18,21-24H,1-10,19-20H2,(H,35,36)(H,37,38). The molecular formula is C34H38O6. The predicted molar refractivity (Wildman–Crippen MR) is 159 cm³/mol. The second-order valence-corrected chi connectivity index (χ2v) is 10.3. The van der Waals surface area contributed by atoms with Crippen LogP contribution in [-0.2, 0) is 0 Å². The highest BCUT2D eigenvalue weighted by molar-refractivity contribution is 5.95. The van der Waals surface area contributed by atoms with Gasteiger partial charge in [-0.25, -0.2) is 9.59 Å². The molecule has 40 heavy (non-hydrogen) atoms. The Balaban J connectivity index is 0.980. The summed E-state index contributed by atoms with van der Waals surface area (Å²) in [4.78, 5) is 22.2. The SMILES string of the molecule is O=C(O)c1ccc2cc(OCCCCCCCCCCCCOc3ccc4cc(C(=O)O)ccc4c3)ccc2c1. The van der Waals surface area contributed by atoms with Crippen molar-refractivity contribution in [1.29, 1.82) is 0 Å². The van der Waals surface area contributed by atoms with Crippen LogP contribution in [0.15, 0.2) is 72.8 Å². The minimum atomic E-state index is -0.913. The first-order valence-electron chi connectivity index (χ1n) is 14.3. The molecule has 0 fully saturated rings. The Morgan fingerprint density at radius 2 is 0.775 bits per heavy atom. The quantitative estimate of drug-likeness (QED) is 0.130. The van der Waals surface area contributed by atoms with Gasteiger partial charge in [0.1, 0.15) is 11.5 Å².